The van der Waals surface area contributed by atoms with E-state index in [1.165, 1.54) is 0 Å². The van der Waals surface area contributed by atoms with Crippen molar-refractivity contribution in [3.63, 3.8) is 0 Å². The summed E-state index contributed by atoms with van der Waals surface area (Å²) in [5.74, 6) is -0.504. The molecule has 25 heavy (non-hydrogen) atoms. The van der Waals surface area contributed by atoms with E-state index < -0.39 is 5.91 Å². The Hall–Kier alpha value is -3.02. The normalized spacial score (nSPS) is 10.1. The molecule has 0 aromatic heterocycles. The number of nitrogens with zero attached hydrogens (tertiary/aromatic N) is 1. The molecule has 0 heterocycles. The summed E-state index contributed by atoms with van der Waals surface area (Å²) in [6.45, 7) is 1.23. The molecule has 0 bridgehead atoms. The van der Waals surface area contributed by atoms with Crippen molar-refractivity contribution in [3.8, 4) is 5.75 Å². The van der Waals surface area contributed by atoms with Gasteiger partial charge >= 0.3 is 0 Å². The van der Waals surface area contributed by atoms with Crippen LogP contribution in [-0.2, 0) is 4.79 Å². The van der Waals surface area contributed by atoms with Gasteiger partial charge in [-0.1, -0.05) is 30.3 Å². The number of carbonyl (C=O) groups excluding carboxylic acids is 2. The van der Waals surface area contributed by atoms with Crippen molar-refractivity contribution in [1.29, 1.82) is 0 Å². The van der Waals surface area contributed by atoms with Crippen LogP contribution in [0.1, 0.15) is 16.8 Å². The van der Waals surface area contributed by atoms with Crippen molar-refractivity contribution in [2.45, 2.75) is 6.42 Å². The maximum absolute atomic E-state index is 11.8. The fourth-order valence-corrected chi connectivity index (χ4v) is 2.35. The molecule has 2 aromatic rings. The van der Waals surface area contributed by atoms with Crippen LogP contribution in [0.4, 0.5) is 5.69 Å². The Morgan fingerprint density at radius 3 is 2.48 bits per heavy atom. The lowest BCUT2D eigenvalue weighted by molar-refractivity contribution is -0.123. The summed E-state index contributed by atoms with van der Waals surface area (Å²) in [6, 6.07) is 16.6. The Bertz CT molecular complexity index is 704. The molecule has 0 atom stereocenters. The number of nitrogens with two attached hydrogens (primary N) is 1. The van der Waals surface area contributed by atoms with Gasteiger partial charge in [-0.15, -0.1) is 0 Å². The highest BCUT2D eigenvalue weighted by Crippen LogP contribution is 2.16. The Kier molecular flexibility index (Phi) is 6.83. The van der Waals surface area contributed by atoms with Gasteiger partial charge in [-0.05, 0) is 30.7 Å². The first-order valence-corrected chi connectivity index (χ1v) is 8.12. The van der Waals surface area contributed by atoms with E-state index in [4.69, 9.17) is 10.5 Å². The summed E-state index contributed by atoms with van der Waals surface area (Å²) < 4.78 is 5.38. The van der Waals surface area contributed by atoms with Crippen LogP contribution in [0.5, 0.6) is 5.75 Å². The van der Waals surface area contributed by atoms with Crippen molar-refractivity contribution >= 4 is 17.5 Å². The van der Waals surface area contributed by atoms with Crippen LogP contribution < -0.4 is 20.7 Å². The van der Waals surface area contributed by atoms with Crippen molar-refractivity contribution in [2.75, 3.05) is 31.6 Å². The first-order valence-electron chi connectivity index (χ1n) is 8.12. The van der Waals surface area contributed by atoms with E-state index in [9.17, 15) is 9.59 Å². The Balaban J connectivity index is 1.69. The molecule has 2 amide bonds. The Morgan fingerprint density at radius 1 is 1.08 bits per heavy atom. The van der Waals surface area contributed by atoms with Crippen LogP contribution in [0.25, 0.3) is 0 Å². The van der Waals surface area contributed by atoms with Gasteiger partial charge in [0.1, 0.15) is 5.75 Å². The van der Waals surface area contributed by atoms with Gasteiger partial charge in [0.25, 0.3) is 11.8 Å². The van der Waals surface area contributed by atoms with Crippen molar-refractivity contribution in [2.24, 2.45) is 5.73 Å². The molecule has 0 saturated heterocycles. The predicted molar refractivity (Wildman–Crippen MR) is 97.8 cm³/mol. The zero-order valence-corrected chi connectivity index (χ0v) is 14.3. The third-order valence-corrected chi connectivity index (χ3v) is 3.70. The topological polar surface area (TPSA) is 84.7 Å². The summed E-state index contributed by atoms with van der Waals surface area (Å²) in [5, 5.41) is 2.80. The molecule has 0 radical (unpaired) electrons. The van der Waals surface area contributed by atoms with Crippen LogP contribution in [0.2, 0.25) is 0 Å². The molecule has 0 spiro atoms. The molecule has 6 nitrogen and oxygen atoms in total. The number of hydrogen-bond acceptors (Lipinski definition) is 4. The van der Waals surface area contributed by atoms with Gasteiger partial charge < -0.3 is 20.7 Å². The van der Waals surface area contributed by atoms with Crippen LogP contribution in [0.3, 0.4) is 0 Å². The standard InChI is InChI=1S/C19H23N3O3/c1-22(15-8-3-2-4-9-15)13-7-12-21-18(23)14-25-17-11-6-5-10-16(17)19(20)24/h2-6,8-11H,7,12-14H2,1H3,(H2,20,24)(H,21,23). The first-order chi connectivity index (χ1) is 12.1. The summed E-state index contributed by atoms with van der Waals surface area (Å²) in [4.78, 5) is 25.3. The number of para-hydroxylation sites is 2. The largest absolute Gasteiger partial charge is 0.483 e. The van der Waals surface area contributed by atoms with E-state index in [0.29, 0.717) is 12.3 Å². The zero-order valence-electron chi connectivity index (χ0n) is 14.3. The van der Waals surface area contributed by atoms with E-state index in [-0.39, 0.29) is 18.1 Å². The third kappa shape index (κ3) is 5.84. The second-order valence-electron chi connectivity index (χ2n) is 5.61. The first kappa shape index (κ1) is 18.3. The molecule has 2 rings (SSSR count). The summed E-state index contributed by atoms with van der Waals surface area (Å²) in [5.41, 5.74) is 6.67. The molecule has 0 aliphatic rings. The van der Waals surface area contributed by atoms with E-state index in [2.05, 4.69) is 10.2 Å². The molecule has 3 N–H and O–H groups in total. The smallest absolute Gasteiger partial charge is 0.257 e. The third-order valence-electron chi connectivity index (χ3n) is 3.70. The second-order valence-corrected chi connectivity index (χ2v) is 5.61. The highest BCUT2D eigenvalue weighted by atomic mass is 16.5. The number of anilines is 1. The average molecular weight is 341 g/mol. The van der Waals surface area contributed by atoms with Gasteiger partial charge in [-0.3, -0.25) is 9.59 Å². The number of amides is 2. The highest BCUT2D eigenvalue weighted by molar-refractivity contribution is 5.95. The number of rotatable bonds is 9. The molecule has 0 saturated carbocycles. The lowest BCUT2D eigenvalue weighted by Crippen LogP contribution is -2.32. The number of nitrogens with one attached hydrogen (secondary N) is 1. The van der Waals surface area contributed by atoms with Gasteiger partial charge in [0.15, 0.2) is 6.61 Å². The summed E-state index contributed by atoms with van der Waals surface area (Å²) in [6.07, 6.45) is 0.814. The fraction of sp³-hybridized carbons (Fsp3) is 0.263. The van der Waals surface area contributed by atoms with Crippen molar-refractivity contribution < 1.29 is 14.3 Å². The molecular formula is C19H23N3O3. The molecule has 132 valence electrons. The predicted octanol–water partition coefficient (Wildman–Crippen LogP) is 1.81. The van der Waals surface area contributed by atoms with Gasteiger partial charge in [0.2, 0.25) is 0 Å². The second kappa shape index (κ2) is 9.32. The minimum atomic E-state index is -0.583. The molecule has 0 aliphatic carbocycles. The number of ether oxygens (including phenoxy) is 1. The molecule has 6 heteroatoms. The van der Waals surface area contributed by atoms with Gasteiger partial charge in [-0.2, -0.15) is 0 Å². The lowest BCUT2D eigenvalue weighted by Gasteiger charge is -2.19. The van der Waals surface area contributed by atoms with Crippen LogP contribution >= 0.6 is 0 Å². The maximum atomic E-state index is 11.8. The van der Waals surface area contributed by atoms with Crippen molar-refractivity contribution in [3.05, 3.63) is 60.2 Å². The molecule has 0 unspecified atom stereocenters. The Morgan fingerprint density at radius 2 is 1.76 bits per heavy atom. The molecule has 0 fully saturated rings. The quantitative estimate of drug-likeness (QED) is 0.681. The monoisotopic (exact) mass is 341 g/mol. The SMILES string of the molecule is CN(CCCNC(=O)COc1ccccc1C(N)=O)c1ccccc1. The Labute approximate surface area is 147 Å². The molecular weight excluding hydrogens is 318 g/mol. The van der Waals surface area contributed by atoms with E-state index in [1.54, 1.807) is 24.3 Å². The van der Waals surface area contributed by atoms with E-state index >= 15 is 0 Å². The minimum Gasteiger partial charge on any atom is -0.483 e. The van der Waals surface area contributed by atoms with Gasteiger partial charge in [0.05, 0.1) is 5.56 Å². The maximum Gasteiger partial charge on any atom is 0.257 e. The summed E-state index contributed by atoms with van der Waals surface area (Å²) >= 11 is 0. The summed E-state index contributed by atoms with van der Waals surface area (Å²) in [7, 11) is 2.01. The number of primary amides is 1. The van der Waals surface area contributed by atoms with Crippen molar-refractivity contribution in [1.82, 2.24) is 5.32 Å². The molecule has 2 aromatic carbocycles. The zero-order chi connectivity index (χ0) is 18.1. The van der Waals surface area contributed by atoms with E-state index in [0.717, 1.165) is 18.7 Å². The van der Waals surface area contributed by atoms with E-state index in [1.807, 2.05) is 37.4 Å². The van der Waals surface area contributed by atoms with Crippen LogP contribution in [0.15, 0.2) is 54.6 Å². The lowest BCUT2D eigenvalue weighted by atomic mass is 10.2. The minimum absolute atomic E-state index is 0.154. The molecule has 0 aliphatic heterocycles. The average Bonchev–Trinajstić information content (AvgIpc) is 2.64. The number of hydrogen-bond donors (Lipinski definition) is 2. The van der Waals surface area contributed by atoms with Gasteiger partial charge in [-0.25, -0.2) is 0 Å². The highest BCUT2D eigenvalue weighted by Gasteiger charge is 2.10. The van der Waals surface area contributed by atoms with Crippen LogP contribution in [-0.4, -0.2) is 38.6 Å². The van der Waals surface area contributed by atoms with Crippen LogP contribution in [0, 0.1) is 0 Å². The van der Waals surface area contributed by atoms with Gasteiger partial charge in [0, 0.05) is 25.8 Å². The number of carbonyl (C=O) groups is 2. The fourth-order valence-electron chi connectivity index (χ4n) is 2.35. The number of benzene rings is 2.